The van der Waals surface area contributed by atoms with Crippen LogP contribution in [0.5, 0.6) is 0 Å². The Kier molecular flexibility index (Phi) is 20.6. The Labute approximate surface area is 394 Å². The summed E-state index contributed by atoms with van der Waals surface area (Å²) in [7, 11) is 8.03. The van der Waals surface area contributed by atoms with Crippen LogP contribution in [0.4, 0.5) is 0 Å². The molecule has 368 valence electrons. The van der Waals surface area contributed by atoms with Gasteiger partial charge in [-0.3, -0.25) is 19.2 Å². The molecular formula is C56H100N4O4. The van der Waals surface area contributed by atoms with Gasteiger partial charge in [-0.15, -0.1) is 0 Å². The Hall–Kier alpha value is -2.84. The first-order chi connectivity index (χ1) is 27.9. The molecule has 2 N–H and O–H groups in total. The van der Waals surface area contributed by atoms with Gasteiger partial charge in [-0.2, -0.15) is 0 Å². The number of amides is 2. The zero-order valence-electron chi connectivity index (χ0n) is 39.9. The van der Waals surface area contributed by atoms with Crippen LogP contribution in [-0.4, -0.2) is 86.5 Å². The van der Waals surface area contributed by atoms with E-state index in [1.54, 1.807) is 12.2 Å². The molecule has 0 aliphatic heterocycles. The summed E-state index contributed by atoms with van der Waals surface area (Å²) in [5.41, 5.74) is 2.92. The third kappa shape index (κ3) is 11.6. The molecule has 2 unspecified atom stereocenters. The van der Waals surface area contributed by atoms with Gasteiger partial charge in [0.1, 0.15) is 0 Å². The normalized spacial score (nSPS) is 35.2. The highest BCUT2D eigenvalue weighted by atomic mass is 16.2. The van der Waals surface area contributed by atoms with Gasteiger partial charge in [-0.1, -0.05) is 110 Å². The van der Waals surface area contributed by atoms with Crippen LogP contribution in [0, 0.1) is 68.0 Å². The summed E-state index contributed by atoms with van der Waals surface area (Å²) in [5.74, 6) is 5.09. The van der Waals surface area contributed by atoms with Gasteiger partial charge in [0.15, 0.2) is 11.6 Å². The molecule has 0 radical (unpaired) electrons. The minimum Gasteiger partial charge on any atom is -0.349 e. The molecule has 0 aromatic rings. The van der Waals surface area contributed by atoms with Crippen molar-refractivity contribution in [3.63, 3.8) is 0 Å². The van der Waals surface area contributed by atoms with Crippen LogP contribution in [-0.2, 0) is 19.2 Å². The standard InChI is InChI=1S/C15H25NO.C14H24N2O.C12H18O.C11H17NO.4CH4/c1-12(2)15-9-14(10-15,11-15)8-13(17)6-5-7-16(3)4;1-10(2)14-8-11(9-14)13(14)15-12(17)6-5-7-16(3)4;1-4-10(13)5-11-6-12(7-11,8-11)9(2)3;1-4-9(13)12-10-8-5-11(10,6-8)7(2)3;;;;/h5-6,12H,7-11H2,1-4H3;5-6,10-11,13H,7-9H2,1-4H3,(H,15,17);4,9H,1,5-8H2,2-3H3;4,7-8,10H,1,5-6H2,2-3H3,(H,12,13);4*1H4/b2*6-5+;;;;;;. The second kappa shape index (κ2) is 22.3. The van der Waals surface area contributed by atoms with Gasteiger partial charge in [-0.25, -0.2) is 0 Å². The van der Waals surface area contributed by atoms with Crippen LogP contribution in [0.15, 0.2) is 49.6 Å². The Morgan fingerprint density at radius 1 is 0.531 bits per heavy atom. The van der Waals surface area contributed by atoms with Gasteiger partial charge in [0.05, 0.1) is 0 Å². The highest BCUT2D eigenvalue weighted by molar-refractivity contribution is 5.91. The Balaban J connectivity index is 0.000000421. The summed E-state index contributed by atoms with van der Waals surface area (Å²) in [6.07, 6.45) is 24.7. The molecule has 8 heteroatoms. The molecule has 0 aromatic heterocycles. The van der Waals surface area contributed by atoms with Crippen molar-refractivity contribution in [3.8, 4) is 0 Å². The lowest BCUT2D eigenvalue weighted by Crippen LogP contribution is -2.73. The van der Waals surface area contributed by atoms with Crippen molar-refractivity contribution in [1.82, 2.24) is 20.4 Å². The van der Waals surface area contributed by atoms with Gasteiger partial charge < -0.3 is 20.4 Å². The lowest BCUT2D eigenvalue weighted by molar-refractivity contribution is -0.230. The number of carbonyl (C=O) groups is 4. The van der Waals surface area contributed by atoms with E-state index in [1.165, 1.54) is 76.4 Å². The smallest absolute Gasteiger partial charge is 0.243 e. The number of hydrogen-bond donors (Lipinski definition) is 2. The van der Waals surface area contributed by atoms with Crippen LogP contribution < -0.4 is 10.6 Å². The average Bonchev–Trinajstić information content (AvgIpc) is 3.02. The quantitative estimate of drug-likeness (QED) is 0.133. The number of nitrogens with zero attached hydrogens (tertiary/aromatic N) is 2. The summed E-state index contributed by atoms with van der Waals surface area (Å²) < 4.78 is 0. The summed E-state index contributed by atoms with van der Waals surface area (Å²) in [6, 6.07) is 0.886. The third-order valence-electron chi connectivity index (χ3n) is 17.5. The topological polar surface area (TPSA) is 98.8 Å². The molecule has 0 spiro atoms. The maximum absolute atomic E-state index is 11.8. The molecule has 0 saturated heterocycles. The summed E-state index contributed by atoms with van der Waals surface area (Å²) in [4.78, 5) is 50.0. The molecule has 12 fully saturated rings. The molecule has 8 nitrogen and oxygen atoms in total. The zero-order chi connectivity index (χ0) is 44.6. The Morgan fingerprint density at radius 3 is 1.16 bits per heavy atom. The van der Waals surface area contributed by atoms with Crippen molar-refractivity contribution < 1.29 is 19.2 Å². The van der Waals surface area contributed by atoms with E-state index in [0.29, 0.717) is 62.2 Å². The molecular weight excluding hydrogens is 793 g/mol. The predicted octanol–water partition coefficient (Wildman–Crippen LogP) is 11.8. The molecule has 12 aliphatic carbocycles. The average molecular weight is 893 g/mol. The molecule has 12 aliphatic rings. The molecule has 0 aromatic carbocycles. The van der Waals surface area contributed by atoms with Crippen LogP contribution in [0.1, 0.15) is 162 Å². The first kappa shape index (κ1) is 59.2. The SMILES string of the molecule is C.C.C.C.C=CC(=O)CC12CC(C(C)C)(C1)C2.C=CC(=O)NC1C2CC1(C(C)C)C2.CC(C)C12CC(C1)C2NC(=O)/C=C/CN(C)C.CC(C)C12CC(CC(=O)/C=C/CN(C)C)(C1)C2. The fourth-order valence-corrected chi connectivity index (χ4v) is 13.1. The first-order valence-electron chi connectivity index (χ1n) is 23.5. The number of nitrogens with one attached hydrogen (secondary N) is 2. The highest BCUT2D eigenvalue weighted by Crippen LogP contribution is 2.78. The van der Waals surface area contributed by atoms with Crippen molar-refractivity contribution in [1.29, 1.82) is 0 Å². The number of rotatable bonds is 18. The van der Waals surface area contributed by atoms with E-state index in [1.807, 2.05) is 45.2 Å². The predicted molar refractivity (Wildman–Crippen MR) is 273 cm³/mol. The molecule has 12 saturated carbocycles. The van der Waals surface area contributed by atoms with E-state index < -0.39 is 0 Å². The van der Waals surface area contributed by atoms with Gasteiger partial charge in [-0.05, 0) is 179 Å². The van der Waals surface area contributed by atoms with Crippen molar-refractivity contribution in [2.75, 3.05) is 41.3 Å². The van der Waals surface area contributed by atoms with Gasteiger partial charge in [0.2, 0.25) is 11.8 Å². The molecule has 2 amide bonds. The number of hydrogen-bond acceptors (Lipinski definition) is 6. The second-order valence-corrected chi connectivity index (χ2v) is 23.2. The van der Waals surface area contributed by atoms with Crippen LogP contribution in [0.25, 0.3) is 0 Å². The summed E-state index contributed by atoms with van der Waals surface area (Å²) >= 11 is 0. The van der Waals surface area contributed by atoms with E-state index in [2.05, 4.69) is 84.1 Å². The minimum atomic E-state index is -0.0144. The lowest BCUT2D eigenvalue weighted by atomic mass is 9.31. The fraction of sp³-hybridized carbons (Fsp3) is 0.786. The van der Waals surface area contributed by atoms with Crippen LogP contribution >= 0.6 is 0 Å². The maximum Gasteiger partial charge on any atom is 0.243 e. The van der Waals surface area contributed by atoms with E-state index >= 15 is 0 Å². The lowest BCUT2D eigenvalue weighted by Gasteiger charge is -2.73. The van der Waals surface area contributed by atoms with Crippen molar-refractivity contribution in [3.05, 3.63) is 49.6 Å². The third-order valence-corrected chi connectivity index (χ3v) is 17.5. The Bertz CT molecular complexity index is 1630. The largest absolute Gasteiger partial charge is 0.349 e. The summed E-state index contributed by atoms with van der Waals surface area (Å²) in [5, 5.41) is 6.20. The Morgan fingerprint density at radius 2 is 0.875 bits per heavy atom. The molecule has 2 atom stereocenters. The number of allylic oxidation sites excluding steroid dienone is 2. The number of likely N-dealkylation sites (N-methyl/N-ethyl adjacent to an activating group) is 2. The molecule has 64 heavy (non-hydrogen) atoms. The van der Waals surface area contributed by atoms with E-state index in [0.717, 1.165) is 49.6 Å². The van der Waals surface area contributed by atoms with E-state index in [4.69, 9.17) is 0 Å². The van der Waals surface area contributed by atoms with Crippen LogP contribution in [0.2, 0.25) is 0 Å². The van der Waals surface area contributed by atoms with Crippen LogP contribution in [0.3, 0.4) is 0 Å². The summed E-state index contributed by atoms with van der Waals surface area (Å²) in [6.45, 7) is 27.0. The molecule has 12 rings (SSSR count). The number of ketones is 2. The van der Waals surface area contributed by atoms with Gasteiger partial charge >= 0.3 is 0 Å². The van der Waals surface area contributed by atoms with E-state index in [-0.39, 0.29) is 47.3 Å². The van der Waals surface area contributed by atoms with Gasteiger partial charge in [0.25, 0.3) is 0 Å². The second-order valence-electron chi connectivity index (χ2n) is 23.2. The molecule has 0 heterocycles. The maximum atomic E-state index is 11.8. The van der Waals surface area contributed by atoms with Crippen molar-refractivity contribution >= 4 is 23.4 Å². The van der Waals surface area contributed by atoms with Crippen molar-refractivity contribution in [2.24, 2.45) is 68.0 Å². The van der Waals surface area contributed by atoms with E-state index in [9.17, 15) is 19.2 Å². The monoisotopic (exact) mass is 893 g/mol. The van der Waals surface area contributed by atoms with Crippen molar-refractivity contribution in [2.45, 2.75) is 174 Å². The zero-order valence-corrected chi connectivity index (χ0v) is 39.9. The number of carbonyl (C=O) groups excluding carboxylic acids is 4. The first-order valence-corrected chi connectivity index (χ1v) is 23.5. The highest BCUT2D eigenvalue weighted by Gasteiger charge is 2.70. The minimum absolute atomic E-state index is 0. The molecule has 8 bridgehead atoms. The van der Waals surface area contributed by atoms with Gasteiger partial charge in [0, 0.05) is 44.1 Å². The fourth-order valence-electron chi connectivity index (χ4n) is 13.1.